The van der Waals surface area contributed by atoms with Gasteiger partial charge in [0.2, 0.25) is 15.9 Å². The third-order valence-corrected chi connectivity index (χ3v) is 5.91. The van der Waals surface area contributed by atoms with Crippen molar-refractivity contribution in [3.8, 4) is 0 Å². The Morgan fingerprint density at radius 3 is 2.59 bits per heavy atom. The van der Waals surface area contributed by atoms with Crippen molar-refractivity contribution in [1.82, 2.24) is 9.62 Å². The molecule has 0 spiro atoms. The molecule has 0 aliphatic carbocycles. The van der Waals surface area contributed by atoms with E-state index in [1.165, 1.54) is 4.31 Å². The molecule has 2 rings (SSSR count). The first-order chi connectivity index (χ1) is 10.4. The molecule has 1 aromatic carbocycles. The van der Waals surface area contributed by atoms with Crippen molar-refractivity contribution in [1.29, 1.82) is 0 Å². The van der Waals surface area contributed by atoms with Crippen LogP contribution >= 0.6 is 0 Å². The topological polar surface area (TPSA) is 66.5 Å². The largest absolute Gasteiger partial charge is 0.353 e. The maximum absolute atomic E-state index is 12.1. The van der Waals surface area contributed by atoms with Gasteiger partial charge in [0, 0.05) is 19.1 Å². The first-order valence-electron chi connectivity index (χ1n) is 7.73. The van der Waals surface area contributed by atoms with Crippen LogP contribution in [0, 0.1) is 6.92 Å². The molecular formula is C16H24N2O3S. The Balaban J connectivity index is 1.82. The Hall–Kier alpha value is -1.40. The molecule has 5 nitrogen and oxygen atoms in total. The van der Waals surface area contributed by atoms with Gasteiger partial charge in [-0.1, -0.05) is 29.8 Å². The maximum Gasteiger partial charge on any atom is 0.224 e. The molecule has 1 amide bonds. The normalized spacial score (nSPS) is 17.4. The zero-order valence-electron chi connectivity index (χ0n) is 13.2. The lowest BCUT2D eigenvalue weighted by Gasteiger charge is -2.31. The Morgan fingerprint density at radius 2 is 2.00 bits per heavy atom. The van der Waals surface area contributed by atoms with E-state index >= 15 is 0 Å². The molecule has 0 bridgehead atoms. The molecule has 0 radical (unpaired) electrons. The van der Waals surface area contributed by atoms with E-state index in [4.69, 9.17) is 0 Å². The highest BCUT2D eigenvalue weighted by molar-refractivity contribution is 7.89. The van der Waals surface area contributed by atoms with Crippen molar-refractivity contribution < 1.29 is 13.2 Å². The van der Waals surface area contributed by atoms with E-state index in [1.807, 2.05) is 31.2 Å². The van der Waals surface area contributed by atoms with E-state index in [0.29, 0.717) is 32.4 Å². The number of nitrogens with one attached hydrogen (secondary N) is 1. The molecule has 1 aliphatic rings. The number of piperidine rings is 1. The summed E-state index contributed by atoms with van der Waals surface area (Å²) in [4.78, 5) is 12.1. The number of sulfonamides is 1. The van der Waals surface area contributed by atoms with E-state index in [0.717, 1.165) is 11.1 Å². The lowest BCUT2D eigenvalue weighted by atomic mass is 10.1. The van der Waals surface area contributed by atoms with Crippen molar-refractivity contribution in [2.75, 3.05) is 18.8 Å². The van der Waals surface area contributed by atoms with Crippen LogP contribution in [0.4, 0.5) is 0 Å². The quantitative estimate of drug-likeness (QED) is 0.892. The lowest BCUT2D eigenvalue weighted by Crippen LogP contribution is -2.47. The Labute approximate surface area is 132 Å². The number of nitrogens with zero attached hydrogens (tertiary/aromatic N) is 1. The van der Waals surface area contributed by atoms with Crippen LogP contribution in [0.25, 0.3) is 0 Å². The van der Waals surface area contributed by atoms with E-state index in [9.17, 15) is 13.2 Å². The lowest BCUT2D eigenvalue weighted by molar-refractivity contribution is -0.121. The van der Waals surface area contributed by atoms with Gasteiger partial charge in [-0.15, -0.1) is 0 Å². The first-order valence-corrected chi connectivity index (χ1v) is 9.34. The minimum absolute atomic E-state index is 0.00222. The third-order valence-electron chi connectivity index (χ3n) is 4.02. The predicted octanol–water partition coefficient (Wildman–Crippen LogP) is 1.47. The average Bonchev–Trinajstić information content (AvgIpc) is 2.47. The molecule has 122 valence electrons. The summed E-state index contributed by atoms with van der Waals surface area (Å²) in [5, 5.41) is 3.02. The minimum atomic E-state index is -3.11. The summed E-state index contributed by atoms with van der Waals surface area (Å²) < 4.78 is 25.1. The summed E-state index contributed by atoms with van der Waals surface area (Å²) in [6, 6.07) is 7.98. The fourth-order valence-electron chi connectivity index (χ4n) is 2.75. The number of rotatable bonds is 5. The van der Waals surface area contributed by atoms with Crippen molar-refractivity contribution in [3.63, 3.8) is 0 Å². The van der Waals surface area contributed by atoms with Crippen LogP contribution in [0.5, 0.6) is 0 Å². The van der Waals surface area contributed by atoms with Crippen LogP contribution in [-0.4, -0.2) is 43.5 Å². The first kappa shape index (κ1) is 17.0. The fourth-order valence-corrected chi connectivity index (χ4v) is 3.88. The molecule has 0 unspecified atom stereocenters. The van der Waals surface area contributed by atoms with Crippen LogP contribution < -0.4 is 5.32 Å². The summed E-state index contributed by atoms with van der Waals surface area (Å²) in [7, 11) is -3.11. The summed E-state index contributed by atoms with van der Waals surface area (Å²) in [5.74, 6) is 0.139. The predicted molar refractivity (Wildman–Crippen MR) is 87.1 cm³/mol. The highest BCUT2D eigenvalue weighted by atomic mass is 32.2. The summed E-state index contributed by atoms with van der Waals surface area (Å²) in [5.41, 5.74) is 2.15. The standard InChI is InChI=1S/C16H24N2O3S/c1-3-22(20,21)18-9-7-15(8-10-18)17-16(19)12-14-6-4-5-13(2)11-14/h4-6,11,15H,3,7-10,12H2,1-2H3,(H,17,19). The van der Waals surface area contributed by atoms with Gasteiger partial charge >= 0.3 is 0 Å². The molecule has 0 atom stereocenters. The van der Waals surface area contributed by atoms with Gasteiger partial charge in [-0.25, -0.2) is 12.7 Å². The van der Waals surface area contributed by atoms with E-state index < -0.39 is 10.0 Å². The van der Waals surface area contributed by atoms with Gasteiger partial charge in [0.25, 0.3) is 0 Å². The van der Waals surface area contributed by atoms with Gasteiger partial charge in [0.15, 0.2) is 0 Å². The zero-order chi connectivity index (χ0) is 16.2. The Bertz CT molecular complexity index is 620. The van der Waals surface area contributed by atoms with Crippen LogP contribution in [0.3, 0.4) is 0 Å². The van der Waals surface area contributed by atoms with Crippen LogP contribution in [0.1, 0.15) is 30.9 Å². The molecule has 1 heterocycles. The Kier molecular flexibility index (Phi) is 5.58. The number of carbonyl (C=O) groups excluding carboxylic acids is 1. The molecule has 1 N–H and O–H groups in total. The van der Waals surface area contributed by atoms with Gasteiger partial charge in [-0.2, -0.15) is 0 Å². The van der Waals surface area contributed by atoms with E-state index in [1.54, 1.807) is 6.92 Å². The molecule has 6 heteroatoms. The second-order valence-corrected chi connectivity index (χ2v) is 8.06. The van der Waals surface area contributed by atoms with Crippen molar-refractivity contribution >= 4 is 15.9 Å². The van der Waals surface area contributed by atoms with Crippen LogP contribution in [0.2, 0.25) is 0 Å². The van der Waals surface area contributed by atoms with E-state index in [-0.39, 0.29) is 17.7 Å². The number of aryl methyl sites for hydroxylation is 1. The smallest absolute Gasteiger partial charge is 0.224 e. The van der Waals surface area contributed by atoms with Crippen molar-refractivity contribution in [3.05, 3.63) is 35.4 Å². The van der Waals surface area contributed by atoms with Crippen LogP contribution in [0.15, 0.2) is 24.3 Å². The highest BCUT2D eigenvalue weighted by Crippen LogP contribution is 2.14. The molecule has 0 aromatic heterocycles. The summed E-state index contributed by atoms with van der Waals surface area (Å²) >= 11 is 0. The molecule has 1 saturated heterocycles. The highest BCUT2D eigenvalue weighted by Gasteiger charge is 2.27. The average molecular weight is 324 g/mol. The molecule has 1 fully saturated rings. The minimum Gasteiger partial charge on any atom is -0.353 e. The molecule has 1 aromatic rings. The van der Waals surface area contributed by atoms with E-state index in [2.05, 4.69) is 5.32 Å². The number of benzene rings is 1. The maximum atomic E-state index is 12.1. The zero-order valence-corrected chi connectivity index (χ0v) is 14.0. The molecular weight excluding hydrogens is 300 g/mol. The summed E-state index contributed by atoms with van der Waals surface area (Å²) in [6.07, 6.45) is 1.73. The van der Waals surface area contributed by atoms with Gasteiger partial charge in [0.1, 0.15) is 0 Å². The molecule has 1 aliphatic heterocycles. The van der Waals surface area contributed by atoms with Gasteiger partial charge in [-0.3, -0.25) is 4.79 Å². The fraction of sp³-hybridized carbons (Fsp3) is 0.562. The monoisotopic (exact) mass is 324 g/mol. The third kappa shape index (κ3) is 4.55. The SMILES string of the molecule is CCS(=O)(=O)N1CCC(NC(=O)Cc2cccc(C)c2)CC1. The van der Waals surface area contributed by atoms with Crippen molar-refractivity contribution in [2.24, 2.45) is 0 Å². The summed E-state index contributed by atoms with van der Waals surface area (Å²) in [6.45, 7) is 4.65. The molecule has 22 heavy (non-hydrogen) atoms. The number of hydrogen-bond acceptors (Lipinski definition) is 3. The second kappa shape index (κ2) is 7.24. The number of hydrogen-bond donors (Lipinski definition) is 1. The van der Waals surface area contributed by atoms with Crippen LogP contribution in [-0.2, 0) is 21.2 Å². The van der Waals surface area contributed by atoms with Crippen molar-refractivity contribution in [2.45, 2.75) is 39.2 Å². The van der Waals surface area contributed by atoms with Gasteiger partial charge in [-0.05, 0) is 32.3 Å². The van der Waals surface area contributed by atoms with Gasteiger partial charge < -0.3 is 5.32 Å². The second-order valence-electron chi connectivity index (χ2n) is 5.81. The molecule has 0 saturated carbocycles. The number of amides is 1. The van der Waals surface area contributed by atoms with Gasteiger partial charge in [0.05, 0.1) is 12.2 Å². The number of carbonyl (C=O) groups is 1. The Morgan fingerprint density at radius 1 is 1.32 bits per heavy atom.